The predicted molar refractivity (Wildman–Crippen MR) is 100 cm³/mol. The summed E-state index contributed by atoms with van der Waals surface area (Å²) >= 11 is 0. The minimum atomic E-state index is 0.142. The maximum Gasteiger partial charge on any atom is 0.420 e. The molecule has 2 heterocycles. The number of benzene rings is 2. The van der Waals surface area contributed by atoms with Gasteiger partial charge >= 0.3 is 5.91 Å². The third-order valence-electron chi connectivity index (χ3n) is 5.41. The third kappa shape index (κ3) is 3.05. The van der Waals surface area contributed by atoms with E-state index in [4.69, 9.17) is 0 Å². The first-order valence-corrected chi connectivity index (χ1v) is 9.34. The predicted octanol–water partition coefficient (Wildman–Crippen LogP) is 3.85. The summed E-state index contributed by atoms with van der Waals surface area (Å²) in [4.78, 5) is 15.4. The van der Waals surface area contributed by atoms with Crippen LogP contribution < -0.4 is 0 Å². The summed E-state index contributed by atoms with van der Waals surface area (Å²) < 4.78 is 1.98. The number of rotatable bonds is 5. The van der Waals surface area contributed by atoms with Crippen molar-refractivity contribution >= 4 is 11.6 Å². The van der Waals surface area contributed by atoms with Crippen LogP contribution in [0, 0.1) is 0 Å². The van der Waals surface area contributed by atoms with Gasteiger partial charge in [0.25, 0.3) is 0 Å². The van der Waals surface area contributed by atoms with Gasteiger partial charge in [0.1, 0.15) is 5.56 Å². The highest BCUT2D eigenvalue weighted by atomic mass is 16.2. The molecule has 0 bridgehead atoms. The van der Waals surface area contributed by atoms with Crippen LogP contribution in [0.5, 0.6) is 0 Å². The molecule has 3 heteroatoms. The van der Waals surface area contributed by atoms with E-state index >= 15 is 0 Å². The number of likely N-dealkylation sites (tertiary alicyclic amines) is 1. The second-order valence-electron chi connectivity index (χ2n) is 6.99. The monoisotopic (exact) mass is 333 g/mol. The van der Waals surface area contributed by atoms with Crippen molar-refractivity contribution in [3.05, 3.63) is 70.8 Å². The zero-order chi connectivity index (χ0) is 17.2. The van der Waals surface area contributed by atoms with Crippen molar-refractivity contribution in [2.45, 2.75) is 39.3 Å². The lowest BCUT2D eigenvalue weighted by atomic mass is 10.0. The summed E-state index contributed by atoms with van der Waals surface area (Å²) in [6, 6.07) is 16.6. The lowest BCUT2D eigenvalue weighted by Gasteiger charge is -2.16. The van der Waals surface area contributed by atoms with Gasteiger partial charge in [0, 0.05) is 18.5 Å². The van der Waals surface area contributed by atoms with Crippen LogP contribution in [0.25, 0.3) is 0 Å². The van der Waals surface area contributed by atoms with Gasteiger partial charge < -0.3 is 0 Å². The number of hydrogen-bond donors (Lipinski definition) is 0. The highest BCUT2D eigenvalue weighted by Gasteiger charge is 2.36. The van der Waals surface area contributed by atoms with E-state index in [1.807, 2.05) is 22.8 Å². The van der Waals surface area contributed by atoms with E-state index in [0.717, 1.165) is 29.8 Å². The van der Waals surface area contributed by atoms with Gasteiger partial charge in [-0.3, -0.25) is 4.90 Å². The molecule has 1 saturated heterocycles. The molecule has 3 nitrogen and oxygen atoms in total. The molecule has 2 aromatic rings. The van der Waals surface area contributed by atoms with Crippen molar-refractivity contribution in [2.24, 2.45) is 0 Å². The minimum absolute atomic E-state index is 0.142. The van der Waals surface area contributed by atoms with Crippen LogP contribution in [0.15, 0.2) is 48.5 Å². The molecule has 25 heavy (non-hydrogen) atoms. The average Bonchev–Trinajstić information content (AvgIpc) is 3.24. The Kier molecular flexibility index (Phi) is 4.50. The Morgan fingerprint density at radius 2 is 1.56 bits per heavy atom. The van der Waals surface area contributed by atoms with Crippen molar-refractivity contribution < 1.29 is 9.37 Å². The summed E-state index contributed by atoms with van der Waals surface area (Å²) in [5.74, 6) is 0.142. The van der Waals surface area contributed by atoms with Crippen molar-refractivity contribution in [1.29, 1.82) is 0 Å². The van der Waals surface area contributed by atoms with Crippen LogP contribution in [0.1, 0.15) is 53.2 Å². The number of amides is 1. The largest absolute Gasteiger partial charge is 0.420 e. The van der Waals surface area contributed by atoms with Crippen LogP contribution in [0.4, 0.5) is 0 Å². The average molecular weight is 333 g/mol. The van der Waals surface area contributed by atoms with Crippen LogP contribution in [0.2, 0.25) is 0 Å². The molecule has 0 atom stereocenters. The number of carbonyl (C=O) groups excluding carboxylic acids is 1. The molecule has 4 rings (SSSR count). The zero-order valence-corrected chi connectivity index (χ0v) is 14.9. The number of fused-ring (bicyclic) bond motifs is 1. The van der Waals surface area contributed by atoms with E-state index in [9.17, 15) is 4.79 Å². The second kappa shape index (κ2) is 6.93. The molecule has 0 aliphatic carbocycles. The topological polar surface area (TPSA) is 23.3 Å². The summed E-state index contributed by atoms with van der Waals surface area (Å²) in [6.45, 7) is 6.17. The standard InChI is InChI=1S/C22H25N2O/c1-2-21-19-11-5-6-12-20(19)22(25)24(21)16-18-10-4-3-9-17(18)15-23-13-7-8-14-23/h3-6,9-12H,2,7-8,13-16H2,1H3/q+1. The van der Waals surface area contributed by atoms with Crippen LogP contribution in [-0.4, -0.2) is 34.2 Å². The fourth-order valence-electron chi connectivity index (χ4n) is 4.10. The molecule has 1 amide bonds. The Morgan fingerprint density at radius 1 is 0.920 bits per heavy atom. The maximum atomic E-state index is 12.9. The molecule has 0 N–H and O–H groups in total. The molecule has 0 unspecified atom stereocenters. The Labute approximate surface area is 149 Å². The van der Waals surface area contributed by atoms with E-state index in [0.29, 0.717) is 6.54 Å². The number of carbonyl (C=O) groups is 1. The Hall–Kier alpha value is -2.26. The summed E-state index contributed by atoms with van der Waals surface area (Å²) in [7, 11) is 0. The van der Waals surface area contributed by atoms with Crippen LogP contribution >= 0.6 is 0 Å². The van der Waals surface area contributed by atoms with Crippen LogP contribution in [0.3, 0.4) is 0 Å². The van der Waals surface area contributed by atoms with E-state index in [2.05, 4.69) is 42.2 Å². The van der Waals surface area contributed by atoms with Gasteiger partial charge in [0.05, 0.1) is 5.56 Å². The third-order valence-corrected chi connectivity index (χ3v) is 5.41. The van der Waals surface area contributed by atoms with Crippen molar-refractivity contribution in [2.75, 3.05) is 13.1 Å². The summed E-state index contributed by atoms with van der Waals surface area (Å²) in [5, 5.41) is 0. The molecule has 128 valence electrons. The minimum Gasteiger partial charge on any atom is -0.299 e. The van der Waals surface area contributed by atoms with Gasteiger partial charge in [-0.1, -0.05) is 43.3 Å². The van der Waals surface area contributed by atoms with Gasteiger partial charge in [-0.2, -0.15) is 4.58 Å². The normalized spacial score (nSPS) is 17.4. The first-order valence-electron chi connectivity index (χ1n) is 9.34. The van der Waals surface area contributed by atoms with E-state index in [1.165, 1.54) is 37.1 Å². The molecular weight excluding hydrogens is 308 g/mol. The zero-order valence-electron chi connectivity index (χ0n) is 14.9. The highest BCUT2D eigenvalue weighted by molar-refractivity contribution is 6.13. The van der Waals surface area contributed by atoms with Crippen molar-refractivity contribution in [3.63, 3.8) is 0 Å². The van der Waals surface area contributed by atoms with E-state index in [1.54, 1.807) is 0 Å². The maximum absolute atomic E-state index is 12.9. The molecule has 0 saturated carbocycles. The first kappa shape index (κ1) is 16.2. The summed E-state index contributed by atoms with van der Waals surface area (Å²) in [6.07, 6.45) is 3.47. The Balaban J connectivity index is 1.65. The Bertz CT molecular complexity index is 831. The second-order valence-corrected chi connectivity index (χ2v) is 6.99. The van der Waals surface area contributed by atoms with Gasteiger partial charge in [-0.25, -0.2) is 4.79 Å². The molecule has 2 aliphatic rings. The lowest BCUT2D eigenvalue weighted by molar-refractivity contribution is -0.443. The molecule has 0 aromatic heterocycles. The van der Waals surface area contributed by atoms with E-state index < -0.39 is 0 Å². The number of hydrogen-bond acceptors (Lipinski definition) is 2. The lowest BCUT2D eigenvalue weighted by Crippen LogP contribution is -2.23. The van der Waals surface area contributed by atoms with Crippen molar-refractivity contribution in [1.82, 2.24) is 4.90 Å². The quantitative estimate of drug-likeness (QED) is 0.776. The number of nitrogens with zero attached hydrogens (tertiary/aromatic N) is 2. The first-order chi connectivity index (χ1) is 12.3. The molecular formula is C22H25N2O+. The fraction of sp³-hybridized carbons (Fsp3) is 0.364. The SMILES string of the molecule is CCC1=[N+](Cc2ccccc2CN2CCCC2)C(=O)c2ccccc21. The van der Waals surface area contributed by atoms with Gasteiger partial charge in [-0.15, -0.1) is 0 Å². The van der Waals surface area contributed by atoms with Crippen LogP contribution in [-0.2, 0) is 13.1 Å². The molecule has 2 aliphatic heterocycles. The van der Waals surface area contributed by atoms with Gasteiger partial charge in [-0.05, 0) is 43.6 Å². The van der Waals surface area contributed by atoms with Gasteiger partial charge in [0.15, 0.2) is 12.3 Å². The highest BCUT2D eigenvalue weighted by Crippen LogP contribution is 2.23. The molecule has 1 fully saturated rings. The van der Waals surface area contributed by atoms with E-state index in [-0.39, 0.29) is 5.91 Å². The molecule has 0 radical (unpaired) electrons. The van der Waals surface area contributed by atoms with Gasteiger partial charge in [0.2, 0.25) is 0 Å². The summed E-state index contributed by atoms with van der Waals surface area (Å²) in [5.41, 5.74) is 5.71. The molecule has 2 aromatic carbocycles. The Morgan fingerprint density at radius 3 is 2.28 bits per heavy atom. The van der Waals surface area contributed by atoms with Crippen molar-refractivity contribution in [3.8, 4) is 0 Å². The smallest absolute Gasteiger partial charge is 0.299 e. The fourth-order valence-corrected chi connectivity index (χ4v) is 4.10. The molecule has 0 spiro atoms.